The van der Waals surface area contributed by atoms with Crippen LogP contribution in [0.25, 0.3) is 0 Å². The average Bonchev–Trinajstić information content (AvgIpc) is 3.07. The summed E-state index contributed by atoms with van der Waals surface area (Å²) in [6, 6.07) is 2.95. The highest BCUT2D eigenvalue weighted by atomic mass is 16.5. The third-order valence-corrected chi connectivity index (χ3v) is 4.52. The molecule has 106 valence electrons. The first-order valence-electron chi connectivity index (χ1n) is 7.01. The van der Waals surface area contributed by atoms with Crippen LogP contribution < -0.4 is 0 Å². The molecular formula is C15H18N2O3. The zero-order valence-electron chi connectivity index (χ0n) is 11.5. The molecule has 0 spiro atoms. The molecule has 0 radical (unpaired) electrons. The molecule has 1 amide bonds. The molecule has 1 saturated carbocycles. The Morgan fingerprint density at radius 1 is 1.30 bits per heavy atom. The number of carbonyl (C=O) groups excluding carboxylic acids is 2. The Labute approximate surface area is 117 Å². The van der Waals surface area contributed by atoms with E-state index >= 15 is 0 Å². The van der Waals surface area contributed by atoms with E-state index in [2.05, 4.69) is 4.98 Å². The van der Waals surface area contributed by atoms with Crippen molar-refractivity contribution < 1.29 is 14.3 Å². The topological polar surface area (TPSA) is 59.5 Å². The molecule has 3 rings (SSSR count). The van der Waals surface area contributed by atoms with E-state index in [4.69, 9.17) is 4.74 Å². The minimum Gasteiger partial charge on any atom is -0.467 e. The highest BCUT2D eigenvalue weighted by molar-refractivity contribution is 5.97. The number of aromatic nitrogens is 1. The molecule has 0 bridgehead atoms. The van der Waals surface area contributed by atoms with Gasteiger partial charge in [-0.3, -0.25) is 9.78 Å². The number of carbonyl (C=O) groups is 2. The van der Waals surface area contributed by atoms with Gasteiger partial charge >= 0.3 is 5.97 Å². The van der Waals surface area contributed by atoms with Gasteiger partial charge in [0.2, 0.25) is 0 Å². The van der Waals surface area contributed by atoms with Gasteiger partial charge in [-0.15, -0.1) is 0 Å². The summed E-state index contributed by atoms with van der Waals surface area (Å²) in [7, 11) is 1.39. The molecule has 1 aromatic heterocycles. The van der Waals surface area contributed by atoms with Gasteiger partial charge in [0.25, 0.3) is 5.91 Å². The van der Waals surface area contributed by atoms with Crippen molar-refractivity contribution in [2.75, 3.05) is 13.7 Å². The van der Waals surface area contributed by atoms with E-state index in [1.54, 1.807) is 29.4 Å². The van der Waals surface area contributed by atoms with E-state index in [9.17, 15) is 9.59 Å². The van der Waals surface area contributed by atoms with Gasteiger partial charge in [-0.1, -0.05) is 6.42 Å². The average molecular weight is 274 g/mol. The number of pyridine rings is 1. The SMILES string of the molecule is COC(=O)C1C2CCCC2CN1C(=O)c1ccncc1. The third kappa shape index (κ3) is 2.07. The normalized spacial score (nSPS) is 28.2. The van der Waals surface area contributed by atoms with Gasteiger partial charge < -0.3 is 9.64 Å². The van der Waals surface area contributed by atoms with Crippen molar-refractivity contribution in [1.29, 1.82) is 0 Å². The molecule has 20 heavy (non-hydrogen) atoms. The number of hydrogen-bond donors (Lipinski definition) is 0. The zero-order valence-corrected chi connectivity index (χ0v) is 11.5. The second-order valence-electron chi connectivity index (χ2n) is 5.52. The molecule has 5 heteroatoms. The van der Waals surface area contributed by atoms with Crippen LogP contribution in [0.5, 0.6) is 0 Å². The maximum Gasteiger partial charge on any atom is 0.328 e. The predicted molar refractivity (Wildman–Crippen MR) is 71.9 cm³/mol. The lowest BCUT2D eigenvalue weighted by atomic mass is 9.94. The van der Waals surface area contributed by atoms with E-state index < -0.39 is 6.04 Å². The molecule has 1 saturated heterocycles. The minimum atomic E-state index is -0.423. The highest BCUT2D eigenvalue weighted by Crippen LogP contribution is 2.42. The van der Waals surface area contributed by atoms with E-state index in [1.807, 2.05) is 0 Å². The Morgan fingerprint density at radius 2 is 2.05 bits per heavy atom. The fourth-order valence-corrected chi connectivity index (χ4v) is 3.60. The predicted octanol–water partition coefficient (Wildman–Crippen LogP) is 1.50. The molecule has 3 unspecified atom stereocenters. The van der Waals surface area contributed by atoms with E-state index in [0.29, 0.717) is 18.0 Å². The number of ether oxygens (including phenoxy) is 1. The summed E-state index contributed by atoms with van der Waals surface area (Å²) in [5.41, 5.74) is 0.578. The van der Waals surface area contributed by atoms with Gasteiger partial charge in [-0.2, -0.15) is 0 Å². The van der Waals surface area contributed by atoms with Gasteiger partial charge in [0.15, 0.2) is 0 Å². The first-order chi connectivity index (χ1) is 9.72. The second-order valence-corrected chi connectivity index (χ2v) is 5.52. The summed E-state index contributed by atoms with van der Waals surface area (Å²) in [6.07, 6.45) is 6.43. The fourth-order valence-electron chi connectivity index (χ4n) is 3.60. The van der Waals surface area contributed by atoms with Crippen LogP contribution in [0.1, 0.15) is 29.6 Å². The zero-order chi connectivity index (χ0) is 14.1. The number of nitrogens with zero attached hydrogens (tertiary/aromatic N) is 2. The van der Waals surface area contributed by atoms with Gasteiger partial charge in [0, 0.05) is 24.5 Å². The first kappa shape index (κ1) is 13.1. The van der Waals surface area contributed by atoms with Crippen molar-refractivity contribution in [1.82, 2.24) is 9.88 Å². The lowest BCUT2D eigenvalue weighted by Gasteiger charge is -2.25. The minimum absolute atomic E-state index is 0.0998. The maximum absolute atomic E-state index is 12.6. The fraction of sp³-hybridized carbons (Fsp3) is 0.533. The number of rotatable bonds is 2. The van der Waals surface area contributed by atoms with Gasteiger partial charge in [0.05, 0.1) is 7.11 Å². The maximum atomic E-state index is 12.6. The van der Waals surface area contributed by atoms with Gasteiger partial charge in [-0.05, 0) is 36.8 Å². The van der Waals surface area contributed by atoms with Gasteiger partial charge in [-0.25, -0.2) is 4.79 Å². The number of esters is 1. The molecular weight excluding hydrogens is 256 g/mol. The van der Waals surface area contributed by atoms with Crippen molar-refractivity contribution in [3.63, 3.8) is 0 Å². The Bertz CT molecular complexity index is 517. The van der Waals surface area contributed by atoms with Crippen LogP contribution in [0, 0.1) is 11.8 Å². The lowest BCUT2D eigenvalue weighted by Crippen LogP contribution is -2.43. The number of likely N-dealkylation sites (tertiary alicyclic amines) is 1. The van der Waals surface area contributed by atoms with Crippen LogP contribution in [0.15, 0.2) is 24.5 Å². The van der Waals surface area contributed by atoms with Crippen LogP contribution in [0.4, 0.5) is 0 Å². The van der Waals surface area contributed by atoms with Crippen molar-refractivity contribution in [3.8, 4) is 0 Å². The summed E-state index contributed by atoms with van der Waals surface area (Å²) < 4.78 is 4.91. The smallest absolute Gasteiger partial charge is 0.328 e. The monoisotopic (exact) mass is 274 g/mol. The molecule has 0 N–H and O–H groups in total. The Kier molecular flexibility index (Phi) is 3.42. The summed E-state index contributed by atoms with van der Waals surface area (Å²) in [5.74, 6) is 0.303. The molecule has 5 nitrogen and oxygen atoms in total. The lowest BCUT2D eigenvalue weighted by molar-refractivity contribution is -0.146. The van der Waals surface area contributed by atoms with Crippen molar-refractivity contribution in [2.24, 2.45) is 11.8 Å². The quantitative estimate of drug-likeness (QED) is 0.767. The molecule has 1 aliphatic carbocycles. The van der Waals surface area contributed by atoms with Crippen LogP contribution in [0.2, 0.25) is 0 Å². The summed E-state index contributed by atoms with van der Waals surface area (Å²) in [5, 5.41) is 0. The molecule has 1 aromatic rings. The summed E-state index contributed by atoms with van der Waals surface area (Å²) in [6.45, 7) is 0.658. The number of fused-ring (bicyclic) bond motifs is 1. The standard InChI is InChI=1S/C15H18N2O3/c1-20-15(19)13-12-4-2-3-11(12)9-17(13)14(18)10-5-7-16-8-6-10/h5-8,11-13H,2-4,9H2,1H3. The van der Waals surface area contributed by atoms with Crippen LogP contribution in [-0.4, -0.2) is 41.5 Å². The van der Waals surface area contributed by atoms with Gasteiger partial charge in [0.1, 0.15) is 6.04 Å². The summed E-state index contributed by atoms with van der Waals surface area (Å²) in [4.78, 5) is 30.3. The molecule has 2 heterocycles. The van der Waals surface area contributed by atoms with Crippen LogP contribution in [0.3, 0.4) is 0 Å². The first-order valence-corrected chi connectivity index (χ1v) is 7.01. The van der Waals surface area contributed by atoms with E-state index in [-0.39, 0.29) is 17.8 Å². The largest absolute Gasteiger partial charge is 0.467 e. The summed E-state index contributed by atoms with van der Waals surface area (Å²) >= 11 is 0. The number of amides is 1. The third-order valence-electron chi connectivity index (χ3n) is 4.52. The van der Waals surface area contributed by atoms with Crippen LogP contribution in [-0.2, 0) is 9.53 Å². The molecule has 1 aliphatic heterocycles. The molecule has 2 fully saturated rings. The van der Waals surface area contributed by atoms with Crippen molar-refractivity contribution in [3.05, 3.63) is 30.1 Å². The second kappa shape index (κ2) is 5.23. The van der Waals surface area contributed by atoms with Crippen molar-refractivity contribution >= 4 is 11.9 Å². The molecule has 2 aliphatic rings. The number of methoxy groups -OCH3 is 1. The van der Waals surface area contributed by atoms with Crippen LogP contribution >= 0.6 is 0 Å². The van der Waals surface area contributed by atoms with E-state index in [1.165, 1.54) is 7.11 Å². The number of hydrogen-bond acceptors (Lipinski definition) is 4. The molecule has 0 aromatic carbocycles. The van der Waals surface area contributed by atoms with E-state index in [0.717, 1.165) is 19.3 Å². The highest BCUT2D eigenvalue weighted by Gasteiger charge is 2.50. The Morgan fingerprint density at radius 3 is 2.75 bits per heavy atom. The van der Waals surface area contributed by atoms with Crippen molar-refractivity contribution in [2.45, 2.75) is 25.3 Å². The molecule has 3 atom stereocenters. The Balaban J connectivity index is 1.88. The Hall–Kier alpha value is -1.91.